The summed E-state index contributed by atoms with van der Waals surface area (Å²) in [6.07, 6.45) is 0. The van der Waals surface area contributed by atoms with Crippen LogP contribution in [-0.2, 0) is 4.79 Å². The number of anilines is 1. The fourth-order valence-corrected chi connectivity index (χ4v) is 1.83. The lowest BCUT2D eigenvalue weighted by molar-refractivity contribution is -0.122. The summed E-state index contributed by atoms with van der Waals surface area (Å²) in [6, 6.07) is 3.30. The molecule has 4 nitrogen and oxygen atoms in total. The molecule has 0 bridgehead atoms. The minimum Gasteiger partial charge on any atom is -0.486 e. The Kier molecular flexibility index (Phi) is 4.11. The number of benzene rings is 1. The maximum atomic E-state index is 12.1. The zero-order valence-electron chi connectivity index (χ0n) is 10.8. The van der Waals surface area contributed by atoms with E-state index in [0.717, 1.165) is 0 Å². The van der Waals surface area contributed by atoms with Crippen LogP contribution in [0.5, 0.6) is 11.5 Å². The van der Waals surface area contributed by atoms with Crippen LogP contribution in [0.15, 0.2) is 12.1 Å². The van der Waals surface area contributed by atoms with E-state index in [0.29, 0.717) is 35.4 Å². The second-order valence-electron chi connectivity index (χ2n) is 4.95. The summed E-state index contributed by atoms with van der Waals surface area (Å²) >= 11 is 11.9. The van der Waals surface area contributed by atoms with Crippen LogP contribution in [-0.4, -0.2) is 25.0 Å². The van der Waals surface area contributed by atoms with Crippen molar-refractivity contribution < 1.29 is 14.3 Å². The molecule has 0 unspecified atom stereocenters. The summed E-state index contributed by atoms with van der Waals surface area (Å²) < 4.78 is 10.9. The lowest BCUT2D eigenvalue weighted by Gasteiger charge is -2.23. The first-order valence-corrected chi connectivity index (χ1v) is 6.82. The van der Waals surface area contributed by atoms with E-state index in [1.807, 2.05) is 0 Å². The van der Waals surface area contributed by atoms with Gasteiger partial charge in [0.1, 0.15) is 13.2 Å². The van der Waals surface area contributed by atoms with Gasteiger partial charge in [-0.2, -0.15) is 0 Å². The Balaban J connectivity index is 2.24. The highest BCUT2D eigenvalue weighted by atomic mass is 35.5. The minimum atomic E-state index is -0.669. The van der Waals surface area contributed by atoms with Gasteiger partial charge >= 0.3 is 0 Å². The Hall–Kier alpha value is -1.13. The highest BCUT2D eigenvalue weighted by molar-refractivity contribution is 6.34. The van der Waals surface area contributed by atoms with E-state index < -0.39 is 5.41 Å². The molecule has 0 radical (unpaired) electrons. The molecule has 2 rings (SSSR count). The predicted octanol–water partition coefficient (Wildman–Crippen LogP) is 3.31. The van der Waals surface area contributed by atoms with Crippen LogP contribution in [0.4, 0.5) is 5.69 Å². The van der Waals surface area contributed by atoms with Crippen LogP contribution in [0, 0.1) is 5.41 Å². The molecule has 6 heteroatoms. The molecule has 1 aromatic rings. The maximum absolute atomic E-state index is 12.1. The Labute approximate surface area is 122 Å². The van der Waals surface area contributed by atoms with Crippen molar-refractivity contribution in [2.45, 2.75) is 13.8 Å². The van der Waals surface area contributed by atoms with Crippen molar-refractivity contribution in [3.63, 3.8) is 0 Å². The molecule has 1 aromatic carbocycles. The number of hydrogen-bond donors (Lipinski definition) is 1. The molecule has 1 heterocycles. The highest BCUT2D eigenvalue weighted by Crippen LogP contribution is 2.38. The van der Waals surface area contributed by atoms with Crippen molar-refractivity contribution in [3.05, 3.63) is 17.2 Å². The van der Waals surface area contributed by atoms with Crippen LogP contribution in [0.2, 0.25) is 5.02 Å². The molecule has 1 amide bonds. The summed E-state index contributed by atoms with van der Waals surface area (Å²) in [5.41, 5.74) is -0.174. The first-order valence-electron chi connectivity index (χ1n) is 5.90. The molecule has 0 fully saturated rings. The Morgan fingerprint density at radius 3 is 2.47 bits per heavy atom. The van der Waals surface area contributed by atoms with Gasteiger partial charge in [-0.05, 0) is 13.8 Å². The van der Waals surface area contributed by atoms with Gasteiger partial charge in [-0.25, -0.2) is 0 Å². The Bertz CT molecular complexity index is 503. The van der Waals surface area contributed by atoms with Gasteiger partial charge in [0, 0.05) is 18.0 Å². The average molecular weight is 304 g/mol. The highest BCUT2D eigenvalue weighted by Gasteiger charge is 2.27. The van der Waals surface area contributed by atoms with Gasteiger partial charge in [-0.15, -0.1) is 11.6 Å². The van der Waals surface area contributed by atoms with Crippen molar-refractivity contribution in [3.8, 4) is 11.5 Å². The monoisotopic (exact) mass is 303 g/mol. The molecule has 0 aliphatic carbocycles. The van der Waals surface area contributed by atoms with Crippen LogP contribution >= 0.6 is 23.2 Å². The fourth-order valence-electron chi connectivity index (χ4n) is 1.51. The maximum Gasteiger partial charge on any atom is 0.231 e. The molecule has 0 spiro atoms. The van der Waals surface area contributed by atoms with Crippen LogP contribution in [0.3, 0.4) is 0 Å². The number of carbonyl (C=O) groups is 1. The molecule has 1 aliphatic heterocycles. The van der Waals surface area contributed by atoms with Crippen LogP contribution in [0.1, 0.15) is 13.8 Å². The van der Waals surface area contributed by atoms with Gasteiger partial charge in [0.25, 0.3) is 0 Å². The number of halogens is 2. The van der Waals surface area contributed by atoms with Gasteiger partial charge < -0.3 is 14.8 Å². The normalized spacial score (nSPS) is 14.1. The molecule has 1 N–H and O–H groups in total. The standard InChI is InChI=1S/C13H15Cl2NO3/c1-13(2,7-14)12(17)16-9-6-11-10(5-8(9)15)18-3-4-19-11/h5-6H,3-4,7H2,1-2H3,(H,16,17). The van der Waals surface area contributed by atoms with Crippen molar-refractivity contribution in [2.75, 3.05) is 24.4 Å². The second-order valence-corrected chi connectivity index (χ2v) is 5.62. The third-order valence-corrected chi connectivity index (χ3v) is 3.81. The van der Waals surface area contributed by atoms with E-state index in [4.69, 9.17) is 32.7 Å². The largest absolute Gasteiger partial charge is 0.486 e. The van der Waals surface area contributed by atoms with Crippen molar-refractivity contribution in [1.82, 2.24) is 0 Å². The number of carbonyl (C=O) groups excluding carboxylic acids is 1. The zero-order valence-corrected chi connectivity index (χ0v) is 12.3. The molecule has 19 heavy (non-hydrogen) atoms. The van der Waals surface area contributed by atoms with Gasteiger partial charge in [0.05, 0.1) is 16.1 Å². The van der Waals surface area contributed by atoms with Crippen molar-refractivity contribution in [1.29, 1.82) is 0 Å². The van der Waals surface area contributed by atoms with E-state index in [1.165, 1.54) is 0 Å². The quantitative estimate of drug-likeness (QED) is 0.872. The molecular formula is C13H15Cl2NO3. The smallest absolute Gasteiger partial charge is 0.231 e. The molecule has 0 saturated heterocycles. The van der Waals surface area contributed by atoms with Gasteiger partial charge in [-0.1, -0.05) is 11.6 Å². The van der Waals surface area contributed by atoms with Gasteiger partial charge in [0.15, 0.2) is 11.5 Å². The molecular weight excluding hydrogens is 289 g/mol. The summed E-state index contributed by atoms with van der Waals surface area (Å²) in [7, 11) is 0. The lowest BCUT2D eigenvalue weighted by Crippen LogP contribution is -2.32. The second kappa shape index (κ2) is 5.47. The molecule has 0 atom stereocenters. The van der Waals surface area contributed by atoms with Gasteiger partial charge in [0.2, 0.25) is 5.91 Å². The van der Waals surface area contributed by atoms with E-state index >= 15 is 0 Å². The third kappa shape index (κ3) is 3.07. The molecule has 0 aromatic heterocycles. The van der Waals surface area contributed by atoms with E-state index in [1.54, 1.807) is 26.0 Å². The summed E-state index contributed by atoms with van der Waals surface area (Å²) in [6.45, 7) is 4.51. The number of fused-ring (bicyclic) bond motifs is 1. The third-order valence-electron chi connectivity index (χ3n) is 2.83. The van der Waals surface area contributed by atoms with Crippen LogP contribution in [0.25, 0.3) is 0 Å². The van der Waals surface area contributed by atoms with Crippen molar-refractivity contribution >= 4 is 34.8 Å². The van der Waals surface area contributed by atoms with E-state index in [9.17, 15) is 4.79 Å². The number of rotatable bonds is 3. The van der Waals surface area contributed by atoms with E-state index in [-0.39, 0.29) is 11.8 Å². The number of alkyl halides is 1. The lowest BCUT2D eigenvalue weighted by atomic mass is 9.95. The molecule has 0 saturated carbocycles. The molecule has 1 aliphatic rings. The fraction of sp³-hybridized carbons (Fsp3) is 0.462. The summed E-state index contributed by atoms with van der Waals surface area (Å²) in [4.78, 5) is 12.1. The zero-order chi connectivity index (χ0) is 14.0. The van der Waals surface area contributed by atoms with Crippen molar-refractivity contribution in [2.24, 2.45) is 5.41 Å². The summed E-state index contributed by atoms with van der Waals surface area (Å²) in [5.74, 6) is 1.20. The number of amides is 1. The summed E-state index contributed by atoms with van der Waals surface area (Å²) in [5, 5.41) is 3.17. The Morgan fingerprint density at radius 1 is 1.32 bits per heavy atom. The molecule has 104 valence electrons. The number of hydrogen-bond acceptors (Lipinski definition) is 3. The first-order chi connectivity index (χ1) is 8.94. The van der Waals surface area contributed by atoms with E-state index in [2.05, 4.69) is 5.32 Å². The average Bonchev–Trinajstić information content (AvgIpc) is 2.39. The first kappa shape index (κ1) is 14.3. The predicted molar refractivity (Wildman–Crippen MR) is 75.6 cm³/mol. The van der Waals surface area contributed by atoms with Crippen LogP contribution < -0.4 is 14.8 Å². The SMILES string of the molecule is CC(C)(CCl)C(=O)Nc1cc2c(cc1Cl)OCCO2. The number of nitrogens with one attached hydrogen (secondary N) is 1. The van der Waals surface area contributed by atoms with Gasteiger partial charge in [-0.3, -0.25) is 4.79 Å². The minimum absolute atomic E-state index is 0.193. The number of ether oxygens (including phenoxy) is 2. The topological polar surface area (TPSA) is 47.6 Å². The Morgan fingerprint density at radius 2 is 1.89 bits per heavy atom.